The third kappa shape index (κ3) is 4.91. The van der Waals surface area contributed by atoms with Crippen molar-refractivity contribution in [1.82, 2.24) is 0 Å². The maximum Gasteiger partial charge on any atom is 0.269 e. The lowest BCUT2D eigenvalue weighted by atomic mass is 9.47. The number of ketones is 2. The number of allylic oxidation sites excluding steroid dienone is 2. The molecular weight excluding hydrogens is 570 g/mol. The summed E-state index contributed by atoms with van der Waals surface area (Å²) in [6, 6.07) is 6.01. The van der Waals surface area contributed by atoms with Crippen molar-refractivity contribution in [3.63, 3.8) is 0 Å². The molecule has 238 valence electrons. The number of Topliss-reactive ketones (excluding diaryl/α,β-unsaturated/α-hetero) is 1. The first-order valence-electron chi connectivity index (χ1n) is 16.6. The Labute approximate surface area is 263 Å². The maximum atomic E-state index is 13.8. The van der Waals surface area contributed by atoms with Crippen LogP contribution in [0.2, 0.25) is 18.1 Å². The van der Waals surface area contributed by atoms with Gasteiger partial charge in [0.1, 0.15) is 0 Å². The molecule has 0 aromatic heterocycles. The average molecular weight is 620 g/mol. The van der Waals surface area contributed by atoms with Crippen LogP contribution in [0.4, 0.5) is 5.69 Å². The fourth-order valence-corrected chi connectivity index (χ4v) is 10.9. The van der Waals surface area contributed by atoms with E-state index in [9.17, 15) is 19.7 Å². The van der Waals surface area contributed by atoms with Gasteiger partial charge in [-0.1, -0.05) is 52.3 Å². The Morgan fingerprint density at radius 3 is 2.48 bits per heavy atom. The number of hydrogen-bond donors (Lipinski definition) is 0. The van der Waals surface area contributed by atoms with Gasteiger partial charge in [-0.15, -0.1) is 0 Å². The normalized spacial score (nSPS) is 37.8. The molecule has 1 aliphatic heterocycles. The zero-order valence-electron chi connectivity index (χ0n) is 27.5. The summed E-state index contributed by atoms with van der Waals surface area (Å²) < 4.78 is 13.1. The molecule has 7 nitrogen and oxygen atoms in total. The van der Waals surface area contributed by atoms with E-state index in [0.717, 1.165) is 38.5 Å². The Balaban J connectivity index is 1.13. The third-order valence-electron chi connectivity index (χ3n) is 13.1. The first-order valence-corrected chi connectivity index (χ1v) is 19.5. The van der Waals surface area contributed by atoms with Crippen LogP contribution in [-0.2, 0) is 18.8 Å². The Morgan fingerprint density at radius 2 is 1.82 bits per heavy atom. The molecule has 8 heteroatoms. The van der Waals surface area contributed by atoms with Gasteiger partial charge in [-0.2, -0.15) is 0 Å². The molecule has 3 saturated carbocycles. The summed E-state index contributed by atoms with van der Waals surface area (Å²) in [4.78, 5) is 37.1. The molecule has 0 bridgehead atoms. The van der Waals surface area contributed by atoms with Crippen molar-refractivity contribution in [1.29, 1.82) is 0 Å². The first kappa shape index (κ1) is 31.6. The molecule has 0 amide bonds. The van der Waals surface area contributed by atoms with Gasteiger partial charge in [0.2, 0.25) is 0 Å². The summed E-state index contributed by atoms with van der Waals surface area (Å²) in [7, 11) is -1.82. The van der Waals surface area contributed by atoms with E-state index in [-0.39, 0.29) is 45.6 Å². The fourth-order valence-electron chi connectivity index (χ4n) is 9.48. The van der Waals surface area contributed by atoms with Crippen molar-refractivity contribution in [2.24, 2.45) is 28.6 Å². The van der Waals surface area contributed by atoms with Gasteiger partial charge in [0.05, 0.1) is 17.4 Å². The van der Waals surface area contributed by atoms with Gasteiger partial charge in [-0.3, -0.25) is 19.7 Å². The second kappa shape index (κ2) is 10.6. The van der Waals surface area contributed by atoms with Crippen LogP contribution in [0.1, 0.15) is 91.5 Å². The molecule has 1 aromatic carbocycles. The average Bonchev–Trinajstić information content (AvgIpc) is 3.63. The predicted molar refractivity (Wildman–Crippen MR) is 174 cm³/mol. The molecule has 0 spiro atoms. The molecular formula is C36H49NO6Si. The number of nitro benzene ring substituents is 1. The SMILES string of the molecule is CC(C)(C)[Si](C)(C)O[C@H]1CC[C@@]2(C)C(=CC[C@@H]3[C@@H]2CC[C@@]2(C)[C@H]3C[C@H]3O[C@]32C(=O)CC(=O)/C=C/c2ccc([N+](=O)[O-])cc2)C1. The van der Waals surface area contributed by atoms with Crippen LogP contribution >= 0.6 is 0 Å². The van der Waals surface area contributed by atoms with Gasteiger partial charge in [-0.05, 0) is 110 Å². The van der Waals surface area contributed by atoms with Gasteiger partial charge in [0, 0.05) is 23.7 Å². The standard InChI is InChI=1S/C36H49NO6Si/c1-33(2,3)44(6,7)43-27-16-18-34(4)24(20-27)11-15-28-29(34)17-19-35(5)30(28)22-32-36(35,42-32)31(39)21-26(38)14-10-23-8-12-25(13-9-23)37(40)41/h8-14,27-30,32H,15-22H2,1-7H3/b14-10+/t27-,28+,29-,30-,32+,34-,35-,36+/m0/s1. The summed E-state index contributed by atoms with van der Waals surface area (Å²) in [5, 5.41) is 11.1. The van der Waals surface area contributed by atoms with Gasteiger partial charge >= 0.3 is 0 Å². The number of nitrogens with zero attached hydrogens (tertiary/aromatic N) is 1. The van der Waals surface area contributed by atoms with E-state index >= 15 is 0 Å². The number of benzene rings is 1. The van der Waals surface area contributed by atoms with E-state index in [1.807, 2.05) is 0 Å². The van der Waals surface area contributed by atoms with Crippen molar-refractivity contribution in [2.45, 2.75) is 122 Å². The van der Waals surface area contributed by atoms with Gasteiger partial charge < -0.3 is 9.16 Å². The van der Waals surface area contributed by atoms with Crippen molar-refractivity contribution in [3.05, 3.63) is 57.7 Å². The smallest absolute Gasteiger partial charge is 0.269 e. The highest BCUT2D eigenvalue weighted by atomic mass is 28.4. The molecule has 1 heterocycles. The third-order valence-corrected chi connectivity index (χ3v) is 17.6. The molecule has 4 aliphatic carbocycles. The lowest BCUT2D eigenvalue weighted by molar-refractivity contribution is -0.384. The van der Waals surface area contributed by atoms with Crippen LogP contribution in [0.5, 0.6) is 0 Å². The monoisotopic (exact) mass is 619 g/mol. The van der Waals surface area contributed by atoms with Crippen LogP contribution < -0.4 is 0 Å². The lowest BCUT2D eigenvalue weighted by Crippen LogP contribution is -2.55. The largest absolute Gasteiger partial charge is 0.414 e. The van der Waals surface area contributed by atoms with Crippen molar-refractivity contribution in [2.75, 3.05) is 0 Å². The second-order valence-electron chi connectivity index (χ2n) is 16.3. The number of carbonyl (C=O) groups is 2. The van der Waals surface area contributed by atoms with Crippen molar-refractivity contribution in [3.8, 4) is 0 Å². The second-order valence-corrected chi connectivity index (χ2v) is 21.0. The molecule has 0 radical (unpaired) electrons. The van der Waals surface area contributed by atoms with E-state index in [0.29, 0.717) is 29.4 Å². The van der Waals surface area contributed by atoms with Crippen LogP contribution in [-0.4, -0.2) is 42.6 Å². The zero-order chi connectivity index (χ0) is 31.9. The zero-order valence-corrected chi connectivity index (χ0v) is 28.5. The van der Waals surface area contributed by atoms with Crippen molar-refractivity contribution < 1.29 is 23.7 Å². The molecule has 1 aromatic rings. The summed E-state index contributed by atoms with van der Waals surface area (Å²) in [5.74, 6) is 1.24. The number of non-ortho nitro benzene ring substituents is 1. The number of fused-ring (bicyclic) bond motifs is 7. The summed E-state index contributed by atoms with van der Waals surface area (Å²) in [6.07, 6.45) is 13.0. The molecule has 0 unspecified atom stereocenters. The minimum Gasteiger partial charge on any atom is -0.414 e. The number of carbonyl (C=O) groups excluding carboxylic acids is 2. The molecule has 5 aliphatic rings. The minimum atomic E-state index is -1.82. The summed E-state index contributed by atoms with van der Waals surface area (Å²) in [6.45, 7) is 16.4. The number of ether oxygens (including phenoxy) is 1. The Kier molecular flexibility index (Phi) is 7.57. The number of epoxide rings is 1. The van der Waals surface area contributed by atoms with Gasteiger partial charge in [0.15, 0.2) is 25.5 Å². The van der Waals surface area contributed by atoms with Crippen LogP contribution in [0.3, 0.4) is 0 Å². The molecule has 1 saturated heterocycles. The van der Waals surface area contributed by atoms with Gasteiger partial charge in [0.25, 0.3) is 5.69 Å². The highest BCUT2D eigenvalue weighted by Crippen LogP contribution is 2.73. The molecule has 6 rings (SSSR count). The molecule has 4 fully saturated rings. The van der Waals surface area contributed by atoms with E-state index < -0.39 is 18.8 Å². The number of nitro groups is 1. The fraction of sp³-hybridized carbons (Fsp3) is 0.667. The van der Waals surface area contributed by atoms with Gasteiger partial charge in [-0.25, -0.2) is 0 Å². The summed E-state index contributed by atoms with van der Waals surface area (Å²) in [5.41, 5.74) is 1.40. The predicted octanol–water partition coefficient (Wildman–Crippen LogP) is 8.24. The minimum absolute atomic E-state index is 0.000411. The summed E-state index contributed by atoms with van der Waals surface area (Å²) >= 11 is 0. The Morgan fingerprint density at radius 1 is 1.11 bits per heavy atom. The first-order chi connectivity index (χ1) is 20.5. The van der Waals surface area contributed by atoms with E-state index in [2.05, 4.69) is 53.8 Å². The van der Waals surface area contributed by atoms with Crippen LogP contribution in [0, 0.1) is 38.7 Å². The van der Waals surface area contributed by atoms with E-state index in [1.165, 1.54) is 24.6 Å². The number of rotatable bonds is 8. The van der Waals surface area contributed by atoms with E-state index in [1.54, 1.807) is 23.8 Å². The number of hydrogen-bond acceptors (Lipinski definition) is 6. The quantitative estimate of drug-likeness (QED) is 0.0553. The van der Waals surface area contributed by atoms with E-state index in [4.69, 9.17) is 9.16 Å². The van der Waals surface area contributed by atoms with Crippen LogP contribution in [0.25, 0.3) is 6.08 Å². The highest BCUT2D eigenvalue weighted by molar-refractivity contribution is 6.74. The lowest BCUT2D eigenvalue weighted by Gasteiger charge is -2.58. The molecule has 8 atom stereocenters. The Hall–Kier alpha value is -2.42. The van der Waals surface area contributed by atoms with Crippen molar-refractivity contribution >= 4 is 31.6 Å². The van der Waals surface area contributed by atoms with Crippen LogP contribution in [0.15, 0.2) is 42.0 Å². The molecule has 44 heavy (non-hydrogen) atoms. The maximum absolute atomic E-state index is 13.8. The topological polar surface area (TPSA) is 99.0 Å². The molecule has 0 N–H and O–H groups in total. The Bertz CT molecular complexity index is 1420. The highest BCUT2D eigenvalue weighted by Gasteiger charge is 2.80.